The molecule has 2 aromatic rings. The molecule has 0 atom stereocenters. The quantitative estimate of drug-likeness (QED) is 0.822. The second-order valence-electron chi connectivity index (χ2n) is 4.50. The van der Waals surface area contributed by atoms with E-state index in [2.05, 4.69) is 10.6 Å². The minimum atomic E-state index is -0.0513. The van der Waals surface area contributed by atoms with Gasteiger partial charge in [0.05, 0.1) is 6.54 Å². The van der Waals surface area contributed by atoms with Gasteiger partial charge in [0.1, 0.15) is 0 Å². The number of thioether (sulfide) groups is 1. The molecule has 0 aliphatic rings. The molecule has 0 aliphatic carbocycles. The molecule has 0 fully saturated rings. The number of hydrogen-bond donors (Lipinski definition) is 2. The van der Waals surface area contributed by atoms with Gasteiger partial charge in [-0.1, -0.05) is 12.1 Å². The summed E-state index contributed by atoms with van der Waals surface area (Å²) in [6.45, 7) is 2.26. The fourth-order valence-electron chi connectivity index (χ4n) is 1.82. The van der Waals surface area contributed by atoms with Crippen molar-refractivity contribution < 1.29 is 4.79 Å². The van der Waals surface area contributed by atoms with Crippen molar-refractivity contribution in [1.82, 2.24) is 0 Å². The van der Waals surface area contributed by atoms with Gasteiger partial charge in [0, 0.05) is 16.3 Å². The van der Waals surface area contributed by atoms with Gasteiger partial charge >= 0.3 is 0 Å². The van der Waals surface area contributed by atoms with Crippen molar-refractivity contribution in [2.45, 2.75) is 11.8 Å². The number of nitrogens with one attached hydrogen (secondary N) is 2. The lowest BCUT2D eigenvalue weighted by molar-refractivity contribution is -0.114. The molecule has 3 nitrogen and oxygen atoms in total. The predicted octanol–water partition coefficient (Wildman–Crippen LogP) is 3.77. The zero-order valence-electron chi connectivity index (χ0n) is 11.6. The maximum atomic E-state index is 11.8. The van der Waals surface area contributed by atoms with Crippen molar-refractivity contribution in [1.29, 1.82) is 0 Å². The minimum Gasteiger partial charge on any atom is -0.376 e. The number of hydrogen-bond acceptors (Lipinski definition) is 3. The van der Waals surface area contributed by atoms with Crippen LogP contribution in [0.1, 0.15) is 5.56 Å². The van der Waals surface area contributed by atoms with E-state index in [0.717, 1.165) is 16.9 Å². The Hall–Kier alpha value is -1.94. The molecular weight excluding hydrogens is 268 g/mol. The average Bonchev–Trinajstić information content (AvgIpc) is 2.46. The first-order valence-electron chi connectivity index (χ1n) is 6.42. The van der Waals surface area contributed by atoms with Crippen molar-refractivity contribution >= 4 is 29.0 Å². The van der Waals surface area contributed by atoms with Crippen LogP contribution < -0.4 is 10.6 Å². The Morgan fingerprint density at radius 3 is 2.50 bits per heavy atom. The summed E-state index contributed by atoms with van der Waals surface area (Å²) in [4.78, 5) is 13.1. The largest absolute Gasteiger partial charge is 0.376 e. The highest BCUT2D eigenvalue weighted by Gasteiger charge is 2.02. The Kier molecular flexibility index (Phi) is 5.07. The summed E-state index contributed by atoms with van der Waals surface area (Å²) in [5, 5.41) is 5.98. The Labute approximate surface area is 123 Å². The van der Waals surface area contributed by atoms with Gasteiger partial charge in [0.25, 0.3) is 0 Å². The number of benzene rings is 2. The maximum Gasteiger partial charge on any atom is 0.243 e. The van der Waals surface area contributed by atoms with Crippen molar-refractivity contribution in [3.05, 3.63) is 54.1 Å². The normalized spacial score (nSPS) is 10.1. The molecule has 0 aliphatic heterocycles. The molecule has 0 saturated heterocycles. The molecule has 1 amide bonds. The number of aryl methyl sites for hydroxylation is 1. The van der Waals surface area contributed by atoms with Crippen LogP contribution in [-0.2, 0) is 4.79 Å². The third kappa shape index (κ3) is 4.31. The Balaban J connectivity index is 1.85. The Bertz CT molecular complexity index is 581. The fourth-order valence-corrected chi connectivity index (χ4v) is 2.23. The third-order valence-corrected chi connectivity index (χ3v) is 3.59. The number of carbonyl (C=O) groups excluding carboxylic acids is 1. The lowest BCUT2D eigenvalue weighted by Crippen LogP contribution is -2.21. The van der Waals surface area contributed by atoms with Crippen LogP contribution in [0.15, 0.2) is 53.4 Å². The number of rotatable bonds is 5. The molecule has 0 heterocycles. The van der Waals surface area contributed by atoms with Gasteiger partial charge in [0.2, 0.25) is 5.91 Å². The highest BCUT2D eigenvalue weighted by atomic mass is 32.2. The highest BCUT2D eigenvalue weighted by molar-refractivity contribution is 7.98. The molecule has 2 N–H and O–H groups in total. The lowest BCUT2D eigenvalue weighted by atomic mass is 10.2. The van der Waals surface area contributed by atoms with Crippen LogP contribution >= 0.6 is 11.8 Å². The second-order valence-corrected chi connectivity index (χ2v) is 5.38. The van der Waals surface area contributed by atoms with E-state index in [9.17, 15) is 4.79 Å². The van der Waals surface area contributed by atoms with Gasteiger partial charge in [0.15, 0.2) is 0 Å². The summed E-state index contributed by atoms with van der Waals surface area (Å²) in [5.41, 5.74) is 2.90. The van der Waals surface area contributed by atoms with Crippen LogP contribution in [0.4, 0.5) is 11.4 Å². The van der Waals surface area contributed by atoms with Crippen LogP contribution in [-0.4, -0.2) is 18.7 Å². The Morgan fingerprint density at radius 2 is 1.85 bits per heavy atom. The van der Waals surface area contributed by atoms with E-state index in [1.807, 2.05) is 61.7 Å². The first-order chi connectivity index (χ1) is 9.67. The molecule has 0 radical (unpaired) electrons. The molecule has 0 unspecified atom stereocenters. The predicted molar refractivity (Wildman–Crippen MR) is 86.5 cm³/mol. The number of anilines is 2. The van der Waals surface area contributed by atoms with Crippen LogP contribution in [0, 0.1) is 6.92 Å². The van der Waals surface area contributed by atoms with E-state index in [4.69, 9.17) is 0 Å². The topological polar surface area (TPSA) is 41.1 Å². The van der Waals surface area contributed by atoms with Gasteiger partial charge in [-0.2, -0.15) is 0 Å². The molecule has 20 heavy (non-hydrogen) atoms. The summed E-state index contributed by atoms with van der Waals surface area (Å²) in [7, 11) is 0. The van der Waals surface area contributed by atoms with E-state index in [0.29, 0.717) is 0 Å². The second kappa shape index (κ2) is 7.01. The summed E-state index contributed by atoms with van der Waals surface area (Å²) in [5.74, 6) is -0.0513. The zero-order chi connectivity index (χ0) is 14.4. The minimum absolute atomic E-state index is 0.0513. The monoisotopic (exact) mass is 286 g/mol. The Morgan fingerprint density at radius 1 is 1.10 bits per heavy atom. The lowest BCUT2D eigenvalue weighted by Gasteiger charge is -2.08. The number of amides is 1. The first-order valence-corrected chi connectivity index (χ1v) is 7.64. The summed E-state index contributed by atoms with van der Waals surface area (Å²) < 4.78 is 0. The molecular formula is C16H18N2OS. The van der Waals surface area contributed by atoms with Crippen LogP contribution in [0.5, 0.6) is 0 Å². The van der Waals surface area contributed by atoms with E-state index >= 15 is 0 Å². The fraction of sp³-hybridized carbons (Fsp3) is 0.188. The van der Waals surface area contributed by atoms with E-state index in [1.165, 1.54) is 4.90 Å². The molecule has 2 rings (SSSR count). The van der Waals surface area contributed by atoms with E-state index in [1.54, 1.807) is 11.8 Å². The van der Waals surface area contributed by atoms with Crippen molar-refractivity contribution in [2.24, 2.45) is 0 Å². The standard InChI is InChI=1S/C16H18N2OS/c1-12-4-3-5-14(10-12)18-16(19)11-17-13-6-8-15(20-2)9-7-13/h3-10,17H,11H2,1-2H3,(H,18,19). The van der Waals surface area contributed by atoms with Crippen LogP contribution in [0.25, 0.3) is 0 Å². The molecule has 0 spiro atoms. The summed E-state index contributed by atoms with van der Waals surface area (Å²) >= 11 is 1.70. The van der Waals surface area contributed by atoms with E-state index in [-0.39, 0.29) is 12.5 Å². The summed E-state index contributed by atoms with van der Waals surface area (Å²) in [6.07, 6.45) is 2.04. The van der Waals surface area contributed by atoms with Crippen LogP contribution in [0.3, 0.4) is 0 Å². The van der Waals surface area contributed by atoms with Gasteiger partial charge in [-0.05, 0) is 55.1 Å². The highest BCUT2D eigenvalue weighted by Crippen LogP contribution is 2.17. The maximum absolute atomic E-state index is 11.8. The van der Waals surface area contributed by atoms with Gasteiger partial charge < -0.3 is 10.6 Å². The third-order valence-electron chi connectivity index (χ3n) is 2.84. The zero-order valence-corrected chi connectivity index (χ0v) is 12.5. The molecule has 0 saturated carbocycles. The summed E-state index contributed by atoms with van der Waals surface area (Å²) in [6, 6.07) is 15.8. The molecule has 104 valence electrons. The van der Waals surface area contributed by atoms with Gasteiger partial charge in [-0.3, -0.25) is 4.79 Å². The van der Waals surface area contributed by atoms with Gasteiger partial charge in [-0.15, -0.1) is 11.8 Å². The van der Waals surface area contributed by atoms with Crippen molar-refractivity contribution in [2.75, 3.05) is 23.4 Å². The van der Waals surface area contributed by atoms with Gasteiger partial charge in [-0.25, -0.2) is 0 Å². The first kappa shape index (κ1) is 14.5. The molecule has 4 heteroatoms. The SMILES string of the molecule is CSc1ccc(NCC(=O)Nc2cccc(C)c2)cc1. The van der Waals surface area contributed by atoms with E-state index < -0.39 is 0 Å². The van der Waals surface area contributed by atoms with Crippen molar-refractivity contribution in [3.63, 3.8) is 0 Å². The average molecular weight is 286 g/mol. The smallest absolute Gasteiger partial charge is 0.243 e. The van der Waals surface area contributed by atoms with Crippen molar-refractivity contribution in [3.8, 4) is 0 Å². The molecule has 0 aromatic heterocycles. The molecule has 0 bridgehead atoms. The number of carbonyl (C=O) groups is 1. The van der Waals surface area contributed by atoms with Crippen LogP contribution in [0.2, 0.25) is 0 Å². The molecule has 2 aromatic carbocycles.